The molecule has 0 fully saturated rings. The van der Waals surface area contributed by atoms with E-state index >= 15 is 0 Å². The summed E-state index contributed by atoms with van der Waals surface area (Å²) in [5, 5.41) is 0.0735. The van der Waals surface area contributed by atoms with Crippen molar-refractivity contribution in [1.29, 1.82) is 0 Å². The van der Waals surface area contributed by atoms with Crippen LogP contribution >= 0.6 is 11.6 Å². The molecular formula is C9H8ClFO2. The van der Waals surface area contributed by atoms with Crippen LogP contribution in [-0.2, 0) is 0 Å². The van der Waals surface area contributed by atoms with E-state index in [1.165, 1.54) is 20.1 Å². The summed E-state index contributed by atoms with van der Waals surface area (Å²) in [5.74, 6) is -0.755. The predicted molar refractivity (Wildman–Crippen MR) is 48.0 cm³/mol. The van der Waals surface area contributed by atoms with Crippen molar-refractivity contribution in [2.75, 3.05) is 7.11 Å². The number of halogens is 2. The summed E-state index contributed by atoms with van der Waals surface area (Å²) >= 11 is 5.67. The number of ether oxygens (including phenoxy) is 1. The number of carbonyl (C=O) groups is 1. The molecule has 2 nitrogen and oxygen atoms in total. The highest BCUT2D eigenvalue weighted by Crippen LogP contribution is 2.25. The molecule has 0 saturated carbocycles. The quantitative estimate of drug-likeness (QED) is 0.690. The first-order chi connectivity index (χ1) is 6.06. The van der Waals surface area contributed by atoms with Gasteiger partial charge in [0.15, 0.2) is 5.78 Å². The lowest BCUT2D eigenvalue weighted by atomic mass is 10.1. The first-order valence-electron chi connectivity index (χ1n) is 3.60. The monoisotopic (exact) mass is 202 g/mol. The molecule has 70 valence electrons. The average molecular weight is 203 g/mol. The van der Waals surface area contributed by atoms with Crippen LogP contribution in [-0.4, -0.2) is 12.9 Å². The number of benzene rings is 1. The highest BCUT2D eigenvalue weighted by molar-refractivity contribution is 6.34. The molecule has 0 N–H and O–H groups in total. The average Bonchev–Trinajstić information content (AvgIpc) is 2.02. The van der Waals surface area contributed by atoms with E-state index in [0.717, 1.165) is 6.07 Å². The zero-order chi connectivity index (χ0) is 10.0. The van der Waals surface area contributed by atoms with Crippen molar-refractivity contribution in [3.63, 3.8) is 0 Å². The number of carbonyl (C=O) groups excluding carboxylic acids is 1. The third kappa shape index (κ3) is 1.98. The summed E-state index contributed by atoms with van der Waals surface area (Å²) in [5.41, 5.74) is -0.0949. The summed E-state index contributed by atoms with van der Waals surface area (Å²) in [7, 11) is 1.40. The van der Waals surface area contributed by atoms with Gasteiger partial charge in [0.05, 0.1) is 17.7 Å². The van der Waals surface area contributed by atoms with Crippen LogP contribution in [0, 0.1) is 5.82 Å². The fraction of sp³-hybridized carbons (Fsp3) is 0.222. The molecule has 0 bridgehead atoms. The Hall–Kier alpha value is -1.09. The second-order valence-corrected chi connectivity index (χ2v) is 2.93. The molecule has 1 rings (SSSR count). The fourth-order valence-corrected chi connectivity index (χ4v) is 1.33. The van der Waals surface area contributed by atoms with Gasteiger partial charge in [-0.05, 0) is 13.0 Å². The molecule has 0 amide bonds. The van der Waals surface area contributed by atoms with Gasteiger partial charge in [0, 0.05) is 6.07 Å². The Balaban J connectivity index is 3.31. The van der Waals surface area contributed by atoms with Crippen molar-refractivity contribution in [3.8, 4) is 5.75 Å². The van der Waals surface area contributed by atoms with Gasteiger partial charge in [0.1, 0.15) is 11.6 Å². The maximum atomic E-state index is 13.2. The van der Waals surface area contributed by atoms with E-state index in [2.05, 4.69) is 0 Å². The molecule has 0 saturated heterocycles. The van der Waals surface area contributed by atoms with Gasteiger partial charge in [-0.15, -0.1) is 0 Å². The normalized spacial score (nSPS) is 9.85. The Morgan fingerprint density at radius 3 is 2.54 bits per heavy atom. The van der Waals surface area contributed by atoms with Crippen molar-refractivity contribution in [2.24, 2.45) is 0 Å². The number of ketones is 1. The largest absolute Gasteiger partial charge is 0.497 e. The van der Waals surface area contributed by atoms with Crippen LogP contribution in [0.3, 0.4) is 0 Å². The van der Waals surface area contributed by atoms with E-state index in [-0.39, 0.29) is 10.6 Å². The van der Waals surface area contributed by atoms with Gasteiger partial charge >= 0.3 is 0 Å². The topological polar surface area (TPSA) is 26.3 Å². The van der Waals surface area contributed by atoms with Gasteiger partial charge < -0.3 is 4.74 Å². The van der Waals surface area contributed by atoms with Gasteiger partial charge in [-0.25, -0.2) is 4.39 Å². The maximum absolute atomic E-state index is 13.2. The van der Waals surface area contributed by atoms with E-state index < -0.39 is 11.6 Å². The lowest BCUT2D eigenvalue weighted by Crippen LogP contribution is -1.99. The summed E-state index contributed by atoms with van der Waals surface area (Å²) in [6.07, 6.45) is 0. The van der Waals surface area contributed by atoms with Crippen molar-refractivity contribution >= 4 is 17.4 Å². The van der Waals surface area contributed by atoms with Gasteiger partial charge in [0.25, 0.3) is 0 Å². The molecular weight excluding hydrogens is 195 g/mol. The lowest BCUT2D eigenvalue weighted by Gasteiger charge is -2.04. The predicted octanol–water partition coefficient (Wildman–Crippen LogP) is 2.69. The fourth-order valence-electron chi connectivity index (χ4n) is 1.00. The number of hydrogen-bond acceptors (Lipinski definition) is 2. The van der Waals surface area contributed by atoms with Crippen molar-refractivity contribution in [2.45, 2.75) is 6.92 Å². The summed E-state index contributed by atoms with van der Waals surface area (Å²) in [4.78, 5) is 10.9. The molecule has 4 heteroatoms. The second kappa shape index (κ2) is 3.75. The van der Waals surface area contributed by atoms with E-state index in [1.807, 2.05) is 0 Å². The van der Waals surface area contributed by atoms with Crippen LogP contribution in [0.1, 0.15) is 17.3 Å². The minimum Gasteiger partial charge on any atom is -0.497 e. The van der Waals surface area contributed by atoms with Crippen LogP contribution in [0.25, 0.3) is 0 Å². The highest BCUT2D eigenvalue weighted by Gasteiger charge is 2.13. The molecule has 0 heterocycles. The lowest BCUT2D eigenvalue weighted by molar-refractivity contribution is 0.101. The van der Waals surface area contributed by atoms with E-state index in [1.54, 1.807) is 0 Å². The molecule has 0 aliphatic heterocycles. The molecule has 1 aromatic rings. The first kappa shape index (κ1) is 9.99. The van der Waals surface area contributed by atoms with Crippen LogP contribution in [0.4, 0.5) is 4.39 Å². The zero-order valence-corrected chi connectivity index (χ0v) is 7.98. The molecule has 0 spiro atoms. The Morgan fingerprint density at radius 1 is 1.54 bits per heavy atom. The molecule has 0 radical (unpaired) electrons. The van der Waals surface area contributed by atoms with Gasteiger partial charge in [-0.2, -0.15) is 0 Å². The molecule has 13 heavy (non-hydrogen) atoms. The van der Waals surface area contributed by atoms with Crippen LogP contribution in [0.2, 0.25) is 5.02 Å². The second-order valence-electron chi connectivity index (χ2n) is 2.52. The third-order valence-corrected chi connectivity index (χ3v) is 1.90. The van der Waals surface area contributed by atoms with Crippen molar-refractivity contribution in [1.82, 2.24) is 0 Å². The summed E-state index contributed by atoms with van der Waals surface area (Å²) in [6.45, 7) is 1.26. The zero-order valence-electron chi connectivity index (χ0n) is 7.23. The Morgan fingerprint density at radius 2 is 2.15 bits per heavy atom. The summed E-state index contributed by atoms with van der Waals surface area (Å²) < 4.78 is 17.9. The molecule has 0 aliphatic rings. The van der Waals surface area contributed by atoms with Crippen LogP contribution < -0.4 is 4.74 Å². The van der Waals surface area contributed by atoms with Crippen LogP contribution in [0.5, 0.6) is 5.75 Å². The number of methoxy groups -OCH3 is 1. The van der Waals surface area contributed by atoms with E-state index in [4.69, 9.17) is 16.3 Å². The Kier molecular flexibility index (Phi) is 2.88. The first-order valence-corrected chi connectivity index (χ1v) is 3.98. The van der Waals surface area contributed by atoms with E-state index in [0.29, 0.717) is 5.75 Å². The minimum absolute atomic E-state index is 0.0735. The standard InChI is InChI=1S/C9H8ClFO2/c1-5(12)9-7(10)3-6(13-2)4-8(9)11/h3-4H,1-2H3. The number of Topliss-reactive ketones (excluding diaryl/α,β-unsaturated/α-hetero) is 1. The van der Waals surface area contributed by atoms with Gasteiger partial charge in [0.2, 0.25) is 0 Å². The highest BCUT2D eigenvalue weighted by atomic mass is 35.5. The Bertz CT molecular complexity index is 326. The molecule has 0 aliphatic carbocycles. The minimum atomic E-state index is -0.656. The SMILES string of the molecule is COc1cc(F)c(C(C)=O)c(Cl)c1. The third-order valence-electron chi connectivity index (χ3n) is 1.60. The maximum Gasteiger partial charge on any atom is 0.164 e. The Labute approximate surface area is 80.3 Å². The molecule has 0 atom stereocenters. The molecule has 0 aromatic heterocycles. The van der Waals surface area contributed by atoms with Gasteiger partial charge in [-0.3, -0.25) is 4.79 Å². The van der Waals surface area contributed by atoms with E-state index in [9.17, 15) is 9.18 Å². The molecule has 1 aromatic carbocycles. The number of hydrogen-bond donors (Lipinski definition) is 0. The van der Waals surface area contributed by atoms with Crippen molar-refractivity contribution < 1.29 is 13.9 Å². The number of rotatable bonds is 2. The molecule has 0 unspecified atom stereocenters. The van der Waals surface area contributed by atoms with Crippen LogP contribution in [0.15, 0.2) is 12.1 Å². The van der Waals surface area contributed by atoms with Crippen molar-refractivity contribution in [3.05, 3.63) is 28.5 Å². The van der Waals surface area contributed by atoms with Gasteiger partial charge in [-0.1, -0.05) is 11.6 Å². The summed E-state index contributed by atoms with van der Waals surface area (Å²) in [6, 6.07) is 2.53. The smallest absolute Gasteiger partial charge is 0.164 e.